The lowest BCUT2D eigenvalue weighted by atomic mass is 10.3. The summed E-state index contributed by atoms with van der Waals surface area (Å²) in [6.07, 6.45) is 0.504. The molecule has 60 valence electrons. The molecule has 11 heavy (non-hydrogen) atoms. The van der Waals surface area contributed by atoms with Crippen molar-refractivity contribution in [2.75, 3.05) is 0 Å². The van der Waals surface area contributed by atoms with Crippen molar-refractivity contribution < 1.29 is 19.0 Å². The highest BCUT2D eigenvalue weighted by molar-refractivity contribution is 7.44. The van der Waals surface area contributed by atoms with Gasteiger partial charge in [0.25, 0.3) is 0 Å². The molecule has 0 aromatic carbocycles. The first kappa shape index (κ1) is 8.76. The fourth-order valence-electron chi connectivity index (χ4n) is 1.00. The summed E-state index contributed by atoms with van der Waals surface area (Å²) < 4.78 is 20.6. The Balaban J connectivity index is 2.47. The van der Waals surface area contributed by atoms with Crippen molar-refractivity contribution in [2.24, 2.45) is 11.8 Å². The van der Waals surface area contributed by atoms with Crippen LogP contribution in [0.1, 0.15) is 6.42 Å². The topological polar surface area (TPSA) is 71.4 Å². The summed E-state index contributed by atoms with van der Waals surface area (Å²) in [5, 5.41) is 7.94. The SMILES string of the molecule is O=PC(P=O)C1CC1C(=O)O. The molecule has 2 atom stereocenters. The third-order valence-electron chi connectivity index (χ3n) is 1.76. The first-order valence-corrected chi connectivity index (χ1v) is 4.84. The van der Waals surface area contributed by atoms with E-state index in [0.29, 0.717) is 6.42 Å². The minimum absolute atomic E-state index is 0.161. The van der Waals surface area contributed by atoms with Crippen LogP contribution >= 0.6 is 16.9 Å². The second-order valence-corrected chi connectivity index (χ2v) is 4.41. The van der Waals surface area contributed by atoms with Crippen molar-refractivity contribution in [3.05, 3.63) is 0 Å². The van der Waals surface area contributed by atoms with Gasteiger partial charge in [0.05, 0.1) is 5.92 Å². The second kappa shape index (κ2) is 3.38. The Kier molecular flexibility index (Phi) is 2.69. The number of hydrogen-bond donors (Lipinski definition) is 1. The average Bonchev–Trinajstić information content (AvgIpc) is 2.70. The molecule has 0 aromatic heterocycles. The molecule has 1 N–H and O–H groups in total. The summed E-state index contributed by atoms with van der Waals surface area (Å²) in [6.45, 7) is 0. The van der Waals surface area contributed by atoms with Gasteiger partial charge in [-0.25, -0.2) is 0 Å². The normalized spacial score (nSPS) is 32.0. The van der Waals surface area contributed by atoms with Gasteiger partial charge in [-0.15, -0.1) is 0 Å². The summed E-state index contributed by atoms with van der Waals surface area (Å²) >= 11 is 0. The van der Waals surface area contributed by atoms with Crippen molar-refractivity contribution in [3.8, 4) is 0 Å². The zero-order valence-corrected chi connectivity index (χ0v) is 7.29. The zero-order valence-electron chi connectivity index (χ0n) is 5.51. The molecule has 0 heterocycles. The van der Waals surface area contributed by atoms with E-state index in [1.807, 2.05) is 0 Å². The Morgan fingerprint density at radius 1 is 1.45 bits per heavy atom. The van der Waals surface area contributed by atoms with E-state index in [1.54, 1.807) is 0 Å². The highest BCUT2D eigenvalue weighted by atomic mass is 31.1. The Morgan fingerprint density at radius 3 is 2.27 bits per heavy atom. The number of aliphatic carboxylic acids is 1. The maximum Gasteiger partial charge on any atom is 0.306 e. The highest BCUT2D eigenvalue weighted by Crippen LogP contribution is 2.49. The smallest absolute Gasteiger partial charge is 0.306 e. The predicted molar refractivity (Wildman–Crippen MR) is 38.2 cm³/mol. The van der Waals surface area contributed by atoms with Crippen LogP contribution in [0.15, 0.2) is 0 Å². The van der Waals surface area contributed by atoms with Crippen LogP contribution in [0.3, 0.4) is 0 Å². The third kappa shape index (κ3) is 1.82. The molecular weight excluding hydrogens is 186 g/mol. The van der Waals surface area contributed by atoms with E-state index in [0.717, 1.165) is 0 Å². The van der Waals surface area contributed by atoms with Gasteiger partial charge in [0, 0.05) is 0 Å². The quantitative estimate of drug-likeness (QED) is 0.686. The number of carboxylic acids is 1. The molecule has 2 unspecified atom stereocenters. The minimum Gasteiger partial charge on any atom is -0.481 e. The molecule has 0 bridgehead atoms. The lowest BCUT2D eigenvalue weighted by Gasteiger charge is -1.93. The van der Waals surface area contributed by atoms with E-state index in [1.165, 1.54) is 0 Å². The molecule has 1 aliphatic rings. The molecule has 0 saturated heterocycles. The molecule has 1 aliphatic carbocycles. The number of hydrogen-bond acceptors (Lipinski definition) is 3. The maximum atomic E-state index is 10.3. The van der Waals surface area contributed by atoms with Gasteiger partial charge in [0.1, 0.15) is 5.40 Å². The van der Waals surface area contributed by atoms with Gasteiger partial charge in [0.2, 0.25) is 0 Å². The first-order chi connectivity index (χ1) is 5.20. The molecule has 6 heteroatoms. The van der Waals surface area contributed by atoms with Gasteiger partial charge < -0.3 is 5.11 Å². The van der Waals surface area contributed by atoms with Gasteiger partial charge in [0.15, 0.2) is 16.9 Å². The van der Waals surface area contributed by atoms with Crippen LogP contribution in [0.25, 0.3) is 0 Å². The average molecular weight is 192 g/mol. The Morgan fingerprint density at radius 2 is 2.00 bits per heavy atom. The summed E-state index contributed by atoms with van der Waals surface area (Å²) in [6, 6.07) is 0. The van der Waals surface area contributed by atoms with Crippen LogP contribution < -0.4 is 0 Å². The van der Waals surface area contributed by atoms with Gasteiger partial charge >= 0.3 is 5.97 Å². The van der Waals surface area contributed by atoms with Crippen molar-refractivity contribution >= 4 is 22.9 Å². The molecule has 4 nitrogen and oxygen atoms in total. The fourth-order valence-corrected chi connectivity index (χ4v) is 2.13. The monoisotopic (exact) mass is 192 g/mol. The number of carbonyl (C=O) groups is 1. The molecule has 0 amide bonds. The van der Waals surface area contributed by atoms with E-state index in [4.69, 9.17) is 5.11 Å². The molecule has 0 spiro atoms. The van der Waals surface area contributed by atoms with E-state index in [9.17, 15) is 13.9 Å². The summed E-state index contributed by atoms with van der Waals surface area (Å²) in [5.74, 6) is -1.47. The standard InChI is InChI=1S/C5H6O4P2/c6-4(7)2-1-3(2)5(10-8)11-9/h2-3,5H,1H2,(H,6,7). The van der Waals surface area contributed by atoms with Gasteiger partial charge in [-0.05, 0) is 12.3 Å². The highest BCUT2D eigenvalue weighted by Gasteiger charge is 2.48. The van der Waals surface area contributed by atoms with Crippen molar-refractivity contribution in [1.29, 1.82) is 0 Å². The first-order valence-electron chi connectivity index (χ1n) is 3.08. The fraction of sp³-hybridized carbons (Fsp3) is 0.800. The van der Waals surface area contributed by atoms with Crippen molar-refractivity contribution in [1.82, 2.24) is 0 Å². The molecule has 0 radical (unpaired) electrons. The van der Waals surface area contributed by atoms with Gasteiger partial charge in [-0.1, -0.05) is 0 Å². The van der Waals surface area contributed by atoms with Crippen LogP contribution in [-0.2, 0) is 13.9 Å². The molecule has 1 saturated carbocycles. The van der Waals surface area contributed by atoms with E-state index in [2.05, 4.69) is 0 Å². The predicted octanol–water partition coefficient (Wildman–Crippen LogP) is 1.62. The summed E-state index contributed by atoms with van der Waals surface area (Å²) in [5.41, 5.74) is 0. The van der Waals surface area contributed by atoms with Crippen molar-refractivity contribution in [2.45, 2.75) is 11.8 Å². The maximum absolute atomic E-state index is 10.3. The summed E-state index contributed by atoms with van der Waals surface area (Å²) in [7, 11) is -0.444. The van der Waals surface area contributed by atoms with Crippen LogP contribution in [0, 0.1) is 11.8 Å². The van der Waals surface area contributed by atoms with Crippen LogP contribution in [0.5, 0.6) is 0 Å². The van der Waals surface area contributed by atoms with Gasteiger partial charge in [-0.3, -0.25) is 13.9 Å². The lowest BCUT2D eigenvalue weighted by Crippen LogP contribution is -2.03. The van der Waals surface area contributed by atoms with Crippen molar-refractivity contribution in [3.63, 3.8) is 0 Å². The van der Waals surface area contributed by atoms with E-state index in [-0.39, 0.29) is 22.8 Å². The number of carboxylic acid groups (broad SMARTS) is 1. The van der Waals surface area contributed by atoms with Crippen LogP contribution in [0.2, 0.25) is 0 Å². The molecule has 0 aromatic rings. The van der Waals surface area contributed by atoms with E-state index >= 15 is 0 Å². The second-order valence-electron chi connectivity index (χ2n) is 2.47. The zero-order chi connectivity index (χ0) is 8.43. The van der Waals surface area contributed by atoms with Crippen LogP contribution in [0.4, 0.5) is 0 Å². The van der Waals surface area contributed by atoms with Crippen LogP contribution in [-0.4, -0.2) is 16.5 Å². The third-order valence-corrected chi connectivity index (χ3v) is 3.52. The molecular formula is C5H6O4P2. The molecule has 1 rings (SSSR count). The largest absolute Gasteiger partial charge is 0.481 e. The Hall–Kier alpha value is -0.330. The number of rotatable bonds is 4. The summed E-state index contributed by atoms with van der Waals surface area (Å²) in [4.78, 5) is 10.3. The minimum atomic E-state index is -0.882. The Labute approximate surface area is 66.4 Å². The van der Waals surface area contributed by atoms with Gasteiger partial charge in [-0.2, -0.15) is 0 Å². The van der Waals surface area contributed by atoms with E-state index < -0.39 is 17.3 Å². The molecule has 0 aliphatic heterocycles. The molecule has 1 fully saturated rings. The Bertz CT molecular complexity index is 197. The lowest BCUT2D eigenvalue weighted by molar-refractivity contribution is -0.138.